The van der Waals surface area contributed by atoms with Crippen LogP contribution in [0.5, 0.6) is 0 Å². The summed E-state index contributed by atoms with van der Waals surface area (Å²) in [5.41, 5.74) is 0. The summed E-state index contributed by atoms with van der Waals surface area (Å²) in [5.74, 6) is 0.866. The maximum Gasteiger partial charge on any atom is -0.0325 e. The van der Waals surface area contributed by atoms with Gasteiger partial charge in [-0.05, 0) is 25.2 Å². The molecule has 0 aliphatic heterocycles. The molecule has 0 aromatic carbocycles. The van der Waals surface area contributed by atoms with Crippen LogP contribution in [0.2, 0.25) is 0 Å². The van der Waals surface area contributed by atoms with Crippen LogP contribution < -0.4 is 0 Å². The van der Waals surface area contributed by atoms with E-state index in [9.17, 15) is 0 Å². The number of rotatable bonds is 12. The van der Waals surface area contributed by atoms with Gasteiger partial charge in [0.2, 0.25) is 0 Å². The monoisotopic (exact) mass is 238 g/mol. The van der Waals surface area contributed by atoms with Gasteiger partial charge in [0, 0.05) is 0 Å². The third-order valence-corrected chi connectivity index (χ3v) is 3.63. The molecule has 0 bridgehead atoms. The minimum Gasteiger partial charge on any atom is -0.0885 e. The van der Waals surface area contributed by atoms with Crippen LogP contribution in [0.4, 0.5) is 0 Å². The summed E-state index contributed by atoms with van der Waals surface area (Å²) in [4.78, 5) is 0. The highest BCUT2D eigenvalue weighted by atomic mass is 14.0. The second-order valence-electron chi connectivity index (χ2n) is 5.48. The Labute approximate surface area is 110 Å². The van der Waals surface area contributed by atoms with Crippen LogP contribution >= 0.6 is 0 Å². The Morgan fingerprint density at radius 3 is 1.94 bits per heavy atom. The van der Waals surface area contributed by atoms with Crippen LogP contribution in [0.15, 0.2) is 12.2 Å². The third kappa shape index (κ3) is 13.7. The number of hydrogen-bond donors (Lipinski definition) is 0. The Morgan fingerprint density at radius 1 is 0.765 bits per heavy atom. The predicted molar refractivity (Wildman–Crippen MR) is 80.4 cm³/mol. The molecule has 0 saturated carbocycles. The second-order valence-corrected chi connectivity index (χ2v) is 5.48. The molecule has 102 valence electrons. The van der Waals surface area contributed by atoms with Crippen LogP contribution in [0.1, 0.15) is 91.4 Å². The lowest BCUT2D eigenvalue weighted by Crippen LogP contribution is -1.87. The molecule has 0 N–H and O–H groups in total. The predicted octanol–water partition coefficient (Wildman–Crippen LogP) is 6.51. The molecule has 0 amide bonds. The molecule has 0 heteroatoms. The lowest BCUT2D eigenvalue weighted by molar-refractivity contribution is 0.567. The van der Waals surface area contributed by atoms with Gasteiger partial charge in [0.15, 0.2) is 0 Å². The first-order chi connectivity index (χ1) is 8.31. The third-order valence-electron chi connectivity index (χ3n) is 3.63. The molecule has 0 saturated heterocycles. The van der Waals surface area contributed by atoms with Crippen LogP contribution in [0, 0.1) is 5.92 Å². The fourth-order valence-electron chi connectivity index (χ4n) is 2.01. The molecule has 0 radical (unpaired) electrons. The maximum atomic E-state index is 2.39. The topological polar surface area (TPSA) is 0 Å². The van der Waals surface area contributed by atoms with Crippen molar-refractivity contribution in [3.05, 3.63) is 12.2 Å². The lowest BCUT2D eigenvalue weighted by atomic mass is 10.0. The van der Waals surface area contributed by atoms with Crippen molar-refractivity contribution in [3.8, 4) is 0 Å². The van der Waals surface area contributed by atoms with E-state index in [4.69, 9.17) is 0 Å². The van der Waals surface area contributed by atoms with Gasteiger partial charge < -0.3 is 0 Å². The molecular weight excluding hydrogens is 204 g/mol. The molecule has 17 heavy (non-hydrogen) atoms. The van der Waals surface area contributed by atoms with E-state index in [1.165, 1.54) is 70.6 Å². The smallest absolute Gasteiger partial charge is 0.0325 e. The summed E-state index contributed by atoms with van der Waals surface area (Å²) in [5, 5.41) is 0. The van der Waals surface area contributed by atoms with Crippen LogP contribution in [0.25, 0.3) is 0 Å². The summed E-state index contributed by atoms with van der Waals surface area (Å²) in [7, 11) is 0. The summed E-state index contributed by atoms with van der Waals surface area (Å²) in [6.07, 6.45) is 20.1. The minimum absolute atomic E-state index is 0.866. The van der Waals surface area contributed by atoms with Gasteiger partial charge in [-0.2, -0.15) is 0 Å². The second kappa shape index (κ2) is 13.8. The van der Waals surface area contributed by atoms with Crippen molar-refractivity contribution in [3.63, 3.8) is 0 Å². The first-order valence-corrected chi connectivity index (χ1v) is 7.96. The van der Waals surface area contributed by atoms with Crippen molar-refractivity contribution in [2.24, 2.45) is 5.92 Å². The van der Waals surface area contributed by atoms with Crippen molar-refractivity contribution >= 4 is 0 Å². The molecule has 0 aromatic rings. The van der Waals surface area contributed by atoms with E-state index in [0.717, 1.165) is 5.92 Å². The van der Waals surface area contributed by atoms with Crippen LogP contribution in [-0.4, -0.2) is 0 Å². The molecule has 0 nitrogen and oxygen atoms in total. The van der Waals surface area contributed by atoms with Gasteiger partial charge in [0.25, 0.3) is 0 Å². The van der Waals surface area contributed by atoms with Gasteiger partial charge in [-0.25, -0.2) is 0 Å². The van der Waals surface area contributed by atoms with Gasteiger partial charge >= 0.3 is 0 Å². The summed E-state index contributed by atoms with van der Waals surface area (Å²) < 4.78 is 0. The molecule has 0 aromatic heterocycles. The van der Waals surface area contributed by atoms with Gasteiger partial charge in [-0.15, -0.1) is 0 Å². The SMILES string of the molecule is CCCCCCCCCC/C=C/CC(C)CC. The Kier molecular flexibility index (Phi) is 13.6. The van der Waals surface area contributed by atoms with E-state index in [0.29, 0.717) is 0 Å². The normalized spacial score (nSPS) is 13.4. The first-order valence-electron chi connectivity index (χ1n) is 7.96. The first kappa shape index (κ1) is 16.7. The minimum atomic E-state index is 0.866. The molecule has 0 spiro atoms. The van der Waals surface area contributed by atoms with Crippen molar-refractivity contribution in [2.45, 2.75) is 91.4 Å². The Morgan fingerprint density at radius 2 is 1.35 bits per heavy atom. The zero-order valence-corrected chi connectivity index (χ0v) is 12.5. The summed E-state index contributed by atoms with van der Waals surface area (Å²) >= 11 is 0. The molecule has 0 aliphatic rings. The highest BCUT2D eigenvalue weighted by Crippen LogP contribution is 2.11. The zero-order valence-electron chi connectivity index (χ0n) is 12.5. The van der Waals surface area contributed by atoms with Gasteiger partial charge in [0.1, 0.15) is 0 Å². The highest BCUT2D eigenvalue weighted by Gasteiger charge is 1.93. The molecular formula is C17H34. The molecule has 1 unspecified atom stereocenters. The van der Waals surface area contributed by atoms with E-state index in [1.54, 1.807) is 0 Å². The van der Waals surface area contributed by atoms with Crippen molar-refractivity contribution in [1.29, 1.82) is 0 Å². The number of unbranched alkanes of at least 4 members (excludes halogenated alkanes) is 8. The van der Waals surface area contributed by atoms with Gasteiger partial charge in [0.05, 0.1) is 0 Å². The Balaban J connectivity index is 3.07. The van der Waals surface area contributed by atoms with Crippen LogP contribution in [0.3, 0.4) is 0 Å². The van der Waals surface area contributed by atoms with E-state index < -0.39 is 0 Å². The Bertz CT molecular complexity index is 157. The molecule has 0 aliphatic carbocycles. The van der Waals surface area contributed by atoms with E-state index in [2.05, 4.69) is 32.9 Å². The van der Waals surface area contributed by atoms with E-state index in [1.807, 2.05) is 0 Å². The van der Waals surface area contributed by atoms with Gasteiger partial charge in [-0.1, -0.05) is 84.3 Å². The fourth-order valence-corrected chi connectivity index (χ4v) is 2.01. The van der Waals surface area contributed by atoms with Gasteiger partial charge in [-0.3, -0.25) is 0 Å². The Hall–Kier alpha value is -0.260. The lowest BCUT2D eigenvalue weighted by Gasteiger charge is -2.02. The molecule has 0 heterocycles. The average Bonchev–Trinajstić information content (AvgIpc) is 2.35. The average molecular weight is 238 g/mol. The standard InChI is InChI=1S/C17H34/c1-4-6-7-8-9-10-11-12-13-14-15-16-17(3)5-2/h14-15,17H,4-13,16H2,1-3H3/b15-14+. The molecule has 1 atom stereocenters. The van der Waals surface area contributed by atoms with Crippen LogP contribution in [-0.2, 0) is 0 Å². The van der Waals surface area contributed by atoms with Crippen molar-refractivity contribution in [1.82, 2.24) is 0 Å². The maximum absolute atomic E-state index is 2.39. The number of hydrogen-bond acceptors (Lipinski definition) is 0. The van der Waals surface area contributed by atoms with Crippen molar-refractivity contribution < 1.29 is 0 Å². The zero-order chi connectivity index (χ0) is 12.8. The summed E-state index contributed by atoms with van der Waals surface area (Å²) in [6.45, 7) is 6.89. The number of allylic oxidation sites excluding steroid dienone is 2. The quantitative estimate of drug-likeness (QED) is 0.268. The fraction of sp³-hybridized carbons (Fsp3) is 0.882. The summed E-state index contributed by atoms with van der Waals surface area (Å²) in [6, 6.07) is 0. The van der Waals surface area contributed by atoms with E-state index >= 15 is 0 Å². The van der Waals surface area contributed by atoms with Crippen molar-refractivity contribution in [2.75, 3.05) is 0 Å². The highest BCUT2D eigenvalue weighted by molar-refractivity contribution is 4.82. The molecule has 0 fully saturated rings. The molecule has 0 rings (SSSR count). The van der Waals surface area contributed by atoms with E-state index in [-0.39, 0.29) is 0 Å². The largest absolute Gasteiger partial charge is 0.0885 e.